The molecule has 0 aromatic carbocycles. The van der Waals surface area contributed by atoms with Crippen molar-refractivity contribution in [3.05, 3.63) is 41.6 Å². The van der Waals surface area contributed by atoms with Crippen molar-refractivity contribution in [3.8, 4) is 0 Å². The Morgan fingerprint density at radius 3 is 2.93 bits per heavy atom. The van der Waals surface area contributed by atoms with Crippen LogP contribution in [0.1, 0.15) is 23.3 Å². The molecule has 0 radical (unpaired) electrons. The number of furan rings is 1. The lowest BCUT2D eigenvalue weighted by Crippen LogP contribution is -2.40. The molecule has 1 aliphatic carbocycles. The number of aromatic amines is 1. The summed E-state index contributed by atoms with van der Waals surface area (Å²) < 4.78 is 12.1. The Morgan fingerprint density at radius 2 is 2.07 bits per heavy atom. The van der Waals surface area contributed by atoms with E-state index in [0.717, 1.165) is 60.9 Å². The van der Waals surface area contributed by atoms with E-state index >= 15 is 0 Å². The summed E-state index contributed by atoms with van der Waals surface area (Å²) in [5.41, 5.74) is 3.97. The molecule has 7 nitrogen and oxygen atoms in total. The minimum Gasteiger partial charge on any atom is -0.467 e. The van der Waals surface area contributed by atoms with Gasteiger partial charge >= 0.3 is 0 Å². The molecular weight excluding hydrogens is 386 g/mol. The Labute approximate surface area is 171 Å². The molecule has 4 aromatic rings. The van der Waals surface area contributed by atoms with Gasteiger partial charge in [-0.15, -0.1) is 0 Å². The number of nitrogens with zero attached hydrogens (tertiary/aromatic N) is 3. The molecule has 5 heterocycles. The van der Waals surface area contributed by atoms with Crippen LogP contribution in [0.2, 0.25) is 0 Å². The zero-order chi connectivity index (χ0) is 19.2. The minimum absolute atomic E-state index is 0.605. The van der Waals surface area contributed by atoms with Gasteiger partial charge in [0.15, 0.2) is 4.83 Å². The molecule has 1 saturated heterocycles. The Kier molecular flexibility index (Phi) is 4.12. The van der Waals surface area contributed by atoms with E-state index in [1.807, 2.05) is 12.1 Å². The zero-order valence-electron chi connectivity index (χ0n) is 16.0. The third-order valence-electron chi connectivity index (χ3n) is 5.85. The molecule has 0 bridgehead atoms. The fraction of sp³-hybridized carbons (Fsp3) is 0.381. The molecule has 0 amide bonds. The molecule has 2 N–H and O–H groups in total. The van der Waals surface area contributed by atoms with E-state index in [4.69, 9.17) is 9.15 Å². The number of fused-ring (bicyclic) bond motifs is 5. The summed E-state index contributed by atoms with van der Waals surface area (Å²) in [6.07, 6.45) is 6.79. The highest BCUT2D eigenvalue weighted by atomic mass is 32.1. The van der Waals surface area contributed by atoms with E-state index in [0.29, 0.717) is 6.54 Å². The van der Waals surface area contributed by atoms with Gasteiger partial charge in [0, 0.05) is 5.56 Å². The number of morpholine rings is 1. The maximum atomic E-state index is 5.56. The number of pyridine rings is 1. The van der Waals surface area contributed by atoms with Gasteiger partial charge in [0.25, 0.3) is 5.82 Å². The number of H-pyrrole nitrogens is 1. The number of anilines is 2. The minimum atomic E-state index is 0.605. The number of nitrogens with one attached hydrogen (secondary N) is 2. The lowest BCUT2D eigenvalue weighted by atomic mass is 10.1. The fourth-order valence-corrected chi connectivity index (χ4v) is 5.65. The van der Waals surface area contributed by atoms with E-state index in [-0.39, 0.29) is 0 Å². The van der Waals surface area contributed by atoms with Gasteiger partial charge in [-0.2, -0.15) is 0 Å². The third-order valence-corrected chi connectivity index (χ3v) is 6.95. The number of ether oxygens (including phenoxy) is 1. The van der Waals surface area contributed by atoms with E-state index in [1.54, 1.807) is 23.9 Å². The monoisotopic (exact) mass is 408 g/mol. The highest BCUT2D eigenvalue weighted by Gasteiger charge is 2.31. The molecule has 6 rings (SSSR count). The number of aryl methyl sites for hydroxylation is 1. The summed E-state index contributed by atoms with van der Waals surface area (Å²) in [5.74, 6) is 3.03. The predicted molar refractivity (Wildman–Crippen MR) is 113 cm³/mol. The largest absolute Gasteiger partial charge is 0.467 e. The van der Waals surface area contributed by atoms with Crippen molar-refractivity contribution in [2.45, 2.75) is 25.8 Å². The smallest absolute Gasteiger partial charge is 0.279 e. The van der Waals surface area contributed by atoms with Crippen LogP contribution in [0.5, 0.6) is 0 Å². The highest BCUT2D eigenvalue weighted by Crippen LogP contribution is 2.41. The van der Waals surface area contributed by atoms with Crippen LogP contribution in [-0.4, -0.2) is 36.3 Å². The zero-order valence-corrected chi connectivity index (χ0v) is 16.8. The van der Waals surface area contributed by atoms with Crippen LogP contribution < -0.4 is 15.2 Å². The van der Waals surface area contributed by atoms with Crippen molar-refractivity contribution < 1.29 is 14.1 Å². The second-order valence-electron chi connectivity index (χ2n) is 7.52. The molecule has 1 fully saturated rings. The number of rotatable bonds is 4. The van der Waals surface area contributed by atoms with Gasteiger partial charge in [0.05, 0.1) is 36.9 Å². The van der Waals surface area contributed by atoms with Crippen molar-refractivity contribution >= 4 is 43.4 Å². The van der Waals surface area contributed by atoms with Crippen LogP contribution in [0.25, 0.3) is 20.4 Å². The Hall–Kier alpha value is -2.71. The van der Waals surface area contributed by atoms with Gasteiger partial charge in [0.2, 0.25) is 0 Å². The number of thiophene rings is 1. The van der Waals surface area contributed by atoms with E-state index < -0.39 is 0 Å². The SMILES string of the molecule is c1coc(CNc2ncnc3c2sc2[nH+]c(N4CCOCC4)c4c(c23)CCC4)c1. The molecule has 8 heteroatoms. The molecule has 0 unspecified atom stereocenters. The normalized spacial score (nSPS) is 16.6. The topological polar surface area (TPSA) is 77.6 Å². The molecular formula is C21H22N5O2S+. The number of aromatic nitrogens is 3. The number of hydrogen-bond donors (Lipinski definition) is 1. The molecule has 1 aliphatic heterocycles. The summed E-state index contributed by atoms with van der Waals surface area (Å²) in [6.45, 7) is 4.07. The molecule has 0 saturated carbocycles. The quantitative estimate of drug-likeness (QED) is 0.559. The third kappa shape index (κ3) is 2.86. The van der Waals surface area contributed by atoms with Crippen molar-refractivity contribution in [1.82, 2.24) is 9.97 Å². The lowest BCUT2D eigenvalue weighted by molar-refractivity contribution is -0.328. The van der Waals surface area contributed by atoms with E-state index in [2.05, 4.69) is 25.2 Å². The summed E-state index contributed by atoms with van der Waals surface area (Å²) in [6, 6.07) is 3.86. The molecule has 29 heavy (non-hydrogen) atoms. The van der Waals surface area contributed by atoms with Crippen molar-refractivity contribution in [2.75, 3.05) is 36.5 Å². The van der Waals surface area contributed by atoms with Crippen molar-refractivity contribution in [1.29, 1.82) is 0 Å². The summed E-state index contributed by atoms with van der Waals surface area (Å²) in [5, 5.41) is 4.70. The lowest BCUT2D eigenvalue weighted by Gasteiger charge is -2.23. The predicted octanol–water partition coefficient (Wildman–Crippen LogP) is 3.19. The first-order valence-corrected chi connectivity index (χ1v) is 10.9. The maximum Gasteiger partial charge on any atom is 0.279 e. The Balaban J connectivity index is 1.48. The van der Waals surface area contributed by atoms with Gasteiger partial charge in [-0.05, 0) is 37.0 Å². The Morgan fingerprint density at radius 1 is 1.17 bits per heavy atom. The van der Waals surface area contributed by atoms with Crippen molar-refractivity contribution in [3.63, 3.8) is 0 Å². The second kappa shape index (κ2) is 6.96. The van der Waals surface area contributed by atoms with Crippen LogP contribution in [0.15, 0.2) is 29.1 Å². The van der Waals surface area contributed by atoms with Crippen molar-refractivity contribution in [2.24, 2.45) is 0 Å². The van der Waals surface area contributed by atoms with Gasteiger partial charge in [-0.3, -0.25) is 4.90 Å². The first-order chi connectivity index (χ1) is 14.4. The van der Waals surface area contributed by atoms with Gasteiger partial charge in [-0.1, -0.05) is 11.3 Å². The summed E-state index contributed by atoms with van der Waals surface area (Å²) in [4.78, 5) is 16.6. The standard InChI is InChI=1S/C21H21N5O2S/c1-4-14-15(5-1)20(26-6-9-27-10-7-26)25-21-16(14)17-18(29-21)19(24-12-23-17)22-11-13-3-2-8-28-13/h2-3,8,12H,1,4-7,9-11H2,(H,22,23,24)/p+1. The van der Waals surface area contributed by atoms with Gasteiger partial charge < -0.3 is 14.5 Å². The van der Waals surface area contributed by atoms with Crippen LogP contribution in [0.3, 0.4) is 0 Å². The molecule has 2 aliphatic rings. The van der Waals surface area contributed by atoms with E-state index in [1.165, 1.54) is 33.6 Å². The van der Waals surface area contributed by atoms with Crippen LogP contribution >= 0.6 is 11.3 Å². The molecule has 4 aromatic heterocycles. The maximum absolute atomic E-state index is 5.56. The molecule has 148 valence electrons. The summed E-state index contributed by atoms with van der Waals surface area (Å²) >= 11 is 1.74. The average Bonchev–Trinajstić information content (AvgIpc) is 3.51. The van der Waals surface area contributed by atoms with Crippen LogP contribution in [-0.2, 0) is 24.1 Å². The first kappa shape index (κ1) is 17.2. The Bertz CT molecular complexity index is 1180. The number of hydrogen-bond acceptors (Lipinski definition) is 7. The first-order valence-electron chi connectivity index (χ1n) is 10.1. The highest BCUT2D eigenvalue weighted by molar-refractivity contribution is 7.25. The van der Waals surface area contributed by atoms with Crippen LogP contribution in [0, 0.1) is 0 Å². The van der Waals surface area contributed by atoms with Crippen LogP contribution in [0.4, 0.5) is 11.6 Å². The van der Waals surface area contributed by atoms with E-state index in [9.17, 15) is 0 Å². The molecule has 0 spiro atoms. The fourth-order valence-electron chi connectivity index (χ4n) is 4.51. The summed E-state index contributed by atoms with van der Waals surface area (Å²) in [7, 11) is 0. The second-order valence-corrected chi connectivity index (χ2v) is 8.54. The average molecular weight is 409 g/mol. The van der Waals surface area contributed by atoms with Gasteiger partial charge in [-0.25, -0.2) is 15.0 Å². The van der Waals surface area contributed by atoms with Gasteiger partial charge in [0.1, 0.15) is 35.7 Å². The molecule has 0 atom stereocenters.